The molecule has 0 saturated carbocycles. The summed E-state index contributed by atoms with van der Waals surface area (Å²) in [5.74, 6) is -2.73. The summed E-state index contributed by atoms with van der Waals surface area (Å²) < 4.78 is 25.0. The number of carboxylic acids is 1. The zero-order valence-electron chi connectivity index (χ0n) is 77.2. The van der Waals surface area contributed by atoms with E-state index in [1.807, 2.05) is 52.0 Å². The van der Waals surface area contributed by atoms with E-state index in [4.69, 9.17) is 45.7 Å². The number of carbonyl (C=O) groups is 4. The molecule has 2 atom stereocenters. The molecule has 0 spiro atoms. The SMILES string of the molecule is C.C1COCCN1.CC(C(=O)O)c1ccc([N+](=O)[O-])cc1.CC(C)(CC=O)c1ccc([N+](=O)[O-])cc1.CC(C)(CCN1CCOCC1)c1ccc(N)cc1.CC(C)(CCN1CCOCC1)c1ccc([N+](=O)[O-])cc1.CC(C)(CO)c1ccc([N+](=O)[O-])cc1.COC(=O)C(C)(C)c1ccc([N+](=O)[O-])cc1.COC(=O)C(C)c1ccc([N+](=O)[O-])cc1.Cl.F.OO.[3HH].[Ac].[Ac].[Ac].[B-]O.[H-].[Na+].[Na+]. The van der Waals surface area contributed by atoms with Gasteiger partial charge in [-0.1, -0.05) is 148 Å². The van der Waals surface area contributed by atoms with Crippen LogP contribution in [0, 0.1) is 193 Å². The van der Waals surface area contributed by atoms with Gasteiger partial charge >= 0.3 is 77.0 Å². The van der Waals surface area contributed by atoms with Gasteiger partial charge in [0.05, 0.1) is 107 Å². The molecule has 3 aliphatic rings. The number of methoxy groups -OCH3 is 2. The zero-order chi connectivity index (χ0) is 92.6. The predicted octanol–water partition coefficient (Wildman–Crippen LogP) is 9.15. The number of nitrogens with two attached hydrogens (primary N) is 1. The number of aldehydes is 1. The van der Waals surface area contributed by atoms with Crippen molar-refractivity contribution in [3.63, 3.8) is 0 Å². The van der Waals surface area contributed by atoms with Gasteiger partial charge in [0, 0.05) is 263 Å². The van der Waals surface area contributed by atoms with Crippen LogP contribution in [-0.4, -0.2) is 210 Å². The number of morpholine rings is 3. The van der Waals surface area contributed by atoms with Crippen molar-refractivity contribution in [3.8, 4) is 0 Å². The Morgan fingerprint density at radius 2 is 0.731 bits per heavy atom. The number of carbonyl (C=O) groups excluding carboxylic acids is 3. The summed E-state index contributed by atoms with van der Waals surface area (Å²) >= 11 is 0. The first kappa shape index (κ1) is 140. The van der Waals surface area contributed by atoms with E-state index in [1.54, 1.807) is 81.4 Å². The van der Waals surface area contributed by atoms with Gasteiger partial charge in [-0.3, -0.25) is 100 Å². The number of rotatable bonds is 25. The predicted molar refractivity (Wildman–Crippen MR) is 481 cm³/mol. The van der Waals surface area contributed by atoms with Gasteiger partial charge in [0.15, 0.2) is 0 Å². The standard InChI is InChI=1S/C15H22N2O3.C15H24N2O.C11H13NO4.C11H13NO3.C10H11NO4.C10H13NO3.C9H9NO4.C4H9NO.CH4.3Ac.BHO.ClH.FH.2Na.H2O2.H2.H/c1-15(2,7-8-16-9-11-20-12-10-16)13-3-5-14(6-4-13)17(18)19;1-15(2,13-3-5-14(16)6-4-13)7-8-17-9-11-18-12-10-17;1-11(2,10(13)16-3)8-4-6-9(7-5-8)12(14)15;1-11(2,7-8-13)9-3-5-10(6-4-9)12(14)15;1-7(10(12)15-2)8-3-5-9(6-4-8)11(13)14;1-10(2,7-12)8-3-5-9(6-4-8)11(13)14;1-6(9(11)12)7-2-4-8(5-3-7)10(13)14;1-3-6-4-2-5-1;;;;;1-2;;;;;1-2;;/h3-6H,7-12H2,1-2H3;3-6H,7-12,16H2,1-2H3;4-7H,1-3H3;3-6,8H,7H2,1-2H3;3-7H,1-2H3;3-6,12H,7H2,1-2H3;2-6H,1H3,(H,11,12);5H,1-4H2;1H4;;;;2H;2*1H;;;1-2H;1H;/q;;;;;;;;;;;;-1;;;2*+1;;;-1/i;;;;;;;;;;;;;;;;;;1+2;. The van der Waals surface area contributed by atoms with Gasteiger partial charge in [0.25, 0.3) is 34.1 Å². The van der Waals surface area contributed by atoms with Crippen molar-refractivity contribution in [1.82, 2.24) is 15.1 Å². The Hall–Kier alpha value is -4.97. The van der Waals surface area contributed by atoms with Gasteiger partial charge in [0.2, 0.25) is 0 Å². The Balaban J connectivity index is -0.000000160. The Morgan fingerprint density at radius 3 is 0.969 bits per heavy atom. The number of nitro benzene ring substituents is 6. The summed E-state index contributed by atoms with van der Waals surface area (Å²) in [5, 5.41) is 102. The number of nitrogens with one attached hydrogen (secondary N) is 1. The van der Waals surface area contributed by atoms with E-state index >= 15 is 0 Å². The number of nitrogens with zero attached hydrogens (tertiary/aromatic N) is 8. The average Bonchev–Trinajstić information content (AvgIpc) is 0.816. The van der Waals surface area contributed by atoms with Gasteiger partial charge in [-0.15, -0.1) is 12.4 Å². The van der Waals surface area contributed by atoms with Crippen molar-refractivity contribution in [2.24, 2.45) is 0 Å². The average molecular weight is 2510 g/mol. The molecule has 3 saturated heterocycles. The van der Waals surface area contributed by atoms with Crippen molar-refractivity contribution in [1.29, 1.82) is 0 Å². The van der Waals surface area contributed by atoms with Crippen LogP contribution in [-0.2, 0) is 69.9 Å². The number of hydrogen-bond donors (Lipinski definition) is 7. The molecule has 3 heterocycles. The minimum Gasteiger partial charge on any atom is -1.00 e. The van der Waals surface area contributed by atoms with Crippen LogP contribution in [0.5, 0.6) is 0 Å². The van der Waals surface area contributed by atoms with E-state index < -0.39 is 47.8 Å². The van der Waals surface area contributed by atoms with Crippen molar-refractivity contribution >= 4 is 84.5 Å². The van der Waals surface area contributed by atoms with Crippen LogP contribution in [0.4, 0.5) is 44.5 Å². The third-order valence-corrected chi connectivity index (χ3v) is 20.0. The third kappa shape index (κ3) is 52.9. The molecule has 8 N–H and O–H groups in total. The van der Waals surface area contributed by atoms with E-state index in [9.17, 15) is 79.9 Å². The molecule has 0 amide bonds. The maximum absolute atomic E-state index is 11.5. The smallest absolute Gasteiger partial charge is 1.00 e. The fourth-order valence-corrected chi connectivity index (χ4v) is 11.4. The van der Waals surface area contributed by atoms with Crippen LogP contribution in [0.25, 0.3) is 0 Å². The number of carboxylic acid groups (broad SMARTS) is 1. The van der Waals surface area contributed by atoms with Gasteiger partial charge in [-0.25, -0.2) is 0 Å². The molecule has 130 heavy (non-hydrogen) atoms. The number of ether oxygens (including phenoxy) is 5. The van der Waals surface area contributed by atoms with E-state index in [1.165, 1.54) is 99.5 Å². The summed E-state index contributed by atoms with van der Waals surface area (Å²) in [5.41, 5.74) is 11.9. The summed E-state index contributed by atoms with van der Waals surface area (Å²) in [4.78, 5) is 109. The first-order valence-electron chi connectivity index (χ1n) is 38.6. The molecule has 704 valence electrons. The number of aliphatic carboxylic acids is 1. The molecule has 0 aromatic heterocycles. The molecule has 7 aromatic carbocycles. The number of non-ortho nitro benzene ring substituents is 6. The summed E-state index contributed by atoms with van der Waals surface area (Å²) in [7, 11) is 6.12. The first-order chi connectivity index (χ1) is 57.5. The number of nitro groups is 6. The van der Waals surface area contributed by atoms with Crippen LogP contribution >= 0.6 is 12.4 Å². The van der Waals surface area contributed by atoms with Gasteiger partial charge < -0.3 is 64.2 Å². The topological polar surface area (TPSA) is 519 Å². The molecule has 3 aliphatic heterocycles. The maximum Gasteiger partial charge on any atom is 1.00 e. The molecule has 6 radical (unpaired) electrons. The van der Waals surface area contributed by atoms with Gasteiger partial charge in [-0.05, 0) is 121 Å². The summed E-state index contributed by atoms with van der Waals surface area (Å²) in [6, 6.07) is 45.0. The van der Waals surface area contributed by atoms with Crippen molar-refractivity contribution in [2.75, 3.05) is 119 Å². The van der Waals surface area contributed by atoms with Gasteiger partial charge in [0.1, 0.15) is 6.29 Å². The Labute approximate surface area is 921 Å². The van der Waals surface area contributed by atoms with E-state index in [2.05, 4.69) is 72.5 Å². The number of anilines is 1. The van der Waals surface area contributed by atoms with Crippen molar-refractivity contribution < 1.29 is 297 Å². The number of nitrogen functional groups attached to an aromatic ring is 1. The van der Waals surface area contributed by atoms with Crippen molar-refractivity contribution in [2.45, 2.75) is 149 Å². The normalized spacial score (nSPS) is 12.8. The molecule has 36 nitrogen and oxygen atoms in total. The molecule has 44 heteroatoms. The summed E-state index contributed by atoms with van der Waals surface area (Å²) in [6.07, 6.45) is 3.47. The zero-order valence-corrected chi connectivity index (χ0v) is 95.3. The second kappa shape index (κ2) is 74.2. The van der Waals surface area contributed by atoms with Gasteiger partial charge in [-0.2, -0.15) is 0 Å². The first-order valence-corrected chi connectivity index (χ1v) is 38.6. The van der Waals surface area contributed by atoms with Crippen molar-refractivity contribution in [3.05, 3.63) is 269 Å². The van der Waals surface area contributed by atoms with Crippen LogP contribution < -0.4 is 70.2 Å². The molecule has 0 bridgehead atoms. The molecule has 2 unspecified atom stereocenters. The van der Waals surface area contributed by atoms with Crippen LogP contribution in [0.15, 0.2) is 170 Å². The Morgan fingerprint density at radius 1 is 0.477 bits per heavy atom. The number of hydrogen-bond acceptors (Lipinski definition) is 29. The van der Waals surface area contributed by atoms with E-state index in [0.29, 0.717) is 23.1 Å². The minimum atomic E-state index is -0.946. The maximum atomic E-state index is 11.5. The molecular weight excluding hydrogens is 2380 g/mol. The molecule has 3 fully saturated rings. The third-order valence-electron chi connectivity index (χ3n) is 20.0. The quantitative estimate of drug-likeness (QED) is 0.00533. The second-order valence-corrected chi connectivity index (χ2v) is 30.8. The van der Waals surface area contributed by atoms with E-state index in [0.717, 1.165) is 134 Å². The monoisotopic (exact) mass is 2510 g/mol. The number of aliphatic hydroxyl groups excluding tert-OH is 1. The Kier molecular flexibility index (Phi) is 80.2. The van der Waals surface area contributed by atoms with E-state index in [-0.39, 0.29) is 298 Å². The summed E-state index contributed by atoms with van der Waals surface area (Å²) in [6.45, 7) is 36.8. The molecular formula is C86H126Ac3BClFN10Na2O26. The number of halogens is 2. The second-order valence-electron chi connectivity index (χ2n) is 30.8. The van der Waals surface area contributed by atoms with Crippen LogP contribution in [0.2, 0.25) is 0 Å². The van der Waals surface area contributed by atoms with Crippen LogP contribution in [0.1, 0.15) is 163 Å². The van der Waals surface area contributed by atoms with Crippen LogP contribution in [0.3, 0.4) is 0 Å². The molecule has 10 rings (SSSR count). The molecule has 7 aromatic rings. The largest absolute Gasteiger partial charge is 1.00 e. The Bertz CT molecular complexity index is 4360. The number of esters is 2. The number of benzene rings is 7. The number of aliphatic hydroxyl groups is 1. The minimum absolute atomic E-state index is 0. The molecule has 0 aliphatic carbocycles. The fraction of sp³-hybridized carbons (Fsp3) is 0.465. The fourth-order valence-electron chi connectivity index (χ4n) is 11.4.